The topological polar surface area (TPSA) is 120 Å². The summed E-state index contributed by atoms with van der Waals surface area (Å²) in [6, 6.07) is 12.9. The minimum atomic E-state index is -0.688. The molecule has 1 fully saturated rings. The van der Waals surface area contributed by atoms with Crippen molar-refractivity contribution in [2.75, 3.05) is 48.3 Å². The number of carbonyl (C=O) groups is 2. The maximum Gasteiger partial charge on any atom is 0.316 e. The second-order valence-electron chi connectivity index (χ2n) is 8.00. The number of hydrogen-bond donors (Lipinski definition) is 4. The average molecular weight is 476 g/mol. The van der Waals surface area contributed by atoms with Crippen LogP contribution < -0.4 is 26.0 Å². The highest BCUT2D eigenvalue weighted by Gasteiger charge is 2.25. The van der Waals surface area contributed by atoms with Crippen LogP contribution in [0.2, 0.25) is 0 Å². The van der Waals surface area contributed by atoms with E-state index in [0.717, 1.165) is 37.3 Å². The number of urea groups is 1. The van der Waals surface area contributed by atoms with Gasteiger partial charge in [0.25, 0.3) is 0 Å². The van der Waals surface area contributed by atoms with Gasteiger partial charge >= 0.3 is 6.03 Å². The molecule has 2 aliphatic heterocycles. The van der Waals surface area contributed by atoms with Crippen LogP contribution in [0.3, 0.4) is 0 Å². The number of anilines is 3. The minimum absolute atomic E-state index is 0. The molecule has 2 heterocycles. The van der Waals surface area contributed by atoms with E-state index in [4.69, 9.17) is 10.5 Å². The number of nitrogens with one attached hydrogen (secondary N) is 2. The number of β-amino-alcohol motifs (C(OH)–C–C–N with tert-alkyl or cyclic N) is 1. The van der Waals surface area contributed by atoms with E-state index in [1.54, 1.807) is 12.1 Å². The lowest BCUT2D eigenvalue weighted by Crippen LogP contribution is -2.53. The lowest BCUT2D eigenvalue weighted by atomic mass is 10.0. The molecular formula is C23H30ClN5O4. The summed E-state index contributed by atoms with van der Waals surface area (Å²) in [5.41, 5.74) is 8.22. The van der Waals surface area contributed by atoms with Crippen LogP contribution in [-0.4, -0.2) is 61.0 Å². The molecule has 1 saturated heterocycles. The van der Waals surface area contributed by atoms with Gasteiger partial charge in [0.05, 0.1) is 24.5 Å². The molecule has 0 spiro atoms. The third-order valence-corrected chi connectivity index (χ3v) is 5.83. The van der Waals surface area contributed by atoms with Crippen molar-refractivity contribution in [3.63, 3.8) is 0 Å². The fourth-order valence-electron chi connectivity index (χ4n) is 4.22. The summed E-state index contributed by atoms with van der Waals surface area (Å²) in [5, 5.41) is 15.9. The number of para-hydroxylation sites is 1. The van der Waals surface area contributed by atoms with Crippen LogP contribution in [0, 0.1) is 0 Å². The highest BCUT2D eigenvalue weighted by atomic mass is 35.5. The Bertz CT molecular complexity index is 975. The molecule has 0 aromatic heterocycles. The first kappa shape index (κ1) is 24.6. The summed E-state index contributed by atoms with van der Waals surface area (Å²) < 4.78 is 6.00. The SMILES string of the molecule is Cl.NC(=O)Nc1ccc(OCCCN2CCN(c3ccccc3)CC2O)c2c1NC(=O)CC2. The van der Waals surface area contributed by atoms with E-state index in [2.05, 4.69) is 32.6 Å². The van der Waals surface area contributed by atoms with Gasteiger partial charge in [-0.05, 0) is 37.1 Å². The van der Waals surface area contributed by atoms with Gasteiger partial charge in [0.2, 0.25) is 5.91 Å². The van der Waals surface area contributed by atoms with Crippen molar-refractivity contribution >= 4 is 41.4 Å². The predicted molar refractivity (Wildman–Crippen MR) is 130 cm³/mol. The third kappa shape index (κ3) is 6.07. The Morgan fingerprint density at radius 1 is 1.18 bits per heavy atom. The molecule has 33 heavy (non-hydrogen) atoms. The number of fused-ring (bicyclic) bond motifs is 1. The average Bonchev–Trinajstić information content (AvgIpc) is 2.79. The number of carbonyl (C=O) groups excluding carboxylic acids is 2. The van der Waals surface area contributed by atoms with Gasteiger partial charge in [-0.25, -0.2) is 4.79 Å². The van der Waals surface area contributed by atoms with Crippen molar-refractivity contribution in [2.45, 2.75) is 25.5 Å². The summed E-state index contributed by atoms with van der Waals surface area (Å²) in [4.78, 5) is 27.3. The van der Waals surface area contributed by atoms with Crippen molar-refractivity contribution in [3.8, 4) is 5.75 Å². The Labute approximate surface area is 199 Å². The molecule has 2 aromatic rings. The number of rotatable bonds is 7. The highest BCUT2D eigenvalue weighted by Crippen LogP contribution is 2.37. The molecule has 0 aliphatic carbocycles. The monoisotopic (exact) mass is 475 g/mol. The number of nitrogens with two attached hydrogens (primary N) is 1. The number of hydrogen-bond acceptors (Lipinski definition) is 6. The predicted octanol–water partition coefficient (Wildman–Crippen LogP) is 2.39. The summed E-state index contributed by atoms with van der Waals surface area (Å²) in [6.07, 6.45) is 1.13. The van der Waals surface area contributed by atoms with Gasteiger partial charge in [-0.2, -0.15) is 0 Å². The minimum Gasteiger partial charge on any atom is -0.493 e. The molecule has 1 atom stereocenters. The number of primary amides is 1. The number of nitrogens with zero attached hydrogens (tertiary/aromatic N) is 2. The van der Waals surface area contributed by atoms with E-state index in [0.29, 0.717) is 43.1 Å². The van der Waals surface area contributed by atoms with Crippen molar-refractivity contribution < 1.29 is 19.4 Å². The first-order valence-electron chi connectivity index (χ1n) is 10.9. The lowest BCUT2D eigenvalue weighted by molar-refractivity contribution is -0.116. The Hall–Kier alpha value is -3.01. The van der Waals surface area contributed by atoms with Crippen LogP contribution in [0.1, 0.15) is 18.4 Å². The molecular weight excluding hydrogens is 446 g/mol. The largest absolute Gasteiger partial charge is 0.493 e. The molecule has 4 rings (SSSR count). The second-order valence-corrected chi connectivity index (χ2v) is 8.00. The number of halogens is 1. The van der Waals surface area contributed by atoms with Gasteiger partial charge < -0.3 is 31.1 Å². The molecule has 3 amide bonds. The van der Waals surface area contributed by atoms with Crippen LogP contribution in [-0.2, 0) is 11.2 Å². The van der Waals surface area contributed by atoms with Crippen molar-refractivity contribution in [2.24, 2.45) is 5.73 Å². The third-order valence-electron chi connectivity index (χ3n) is 5.83. The maximum absolute atomic E-state index is 11.8. The van der Waals surface area contributed by atoms with Gasteiger partial charge in [0.15, 0.2) is 0 Å². The first-order valence-corrected chi connectivity index (χ1v) is 10.9. The van der Waals surface area contributed by atoms with Crippen LogP contribution >= 0.6 is 12.4 Å². The Balaban J connectivity index is 0.00000306. The Kier molecular flexibility index (Phi) is 8.37. The zero-order valence-electron chi connectivity index (χ0n) is 18.3. The normalized spacial score (nSPS) is 18.0. The van der Waals surface area contributed by atoms with E-state index in [9.17, 15) is 14.7 Å². The highest BCUT2D eigenvalue weighted by molar-refractivity contribution is 6.02. The fourth-order valence-corrected chi connectivity index (χ4v) is 4.22. The number of benzene rings is 2. The van der Waals surface area contributed by atoms with E-state index >= 15 is 0 Å². The molecule has 2 aromatic carbocycles. The van der Waals surface area contributed by atoms with Crippen molar-refractivity contribution in [3.05, 3.63) is 48.0 Å². The number of ether oxygens (including phenoxy) is 1. The Morgan fingerprint density at radius 3 is 2.70 bits per heavy atom. The standard InChI is InChI=1S/C23H29N5O4.ClH/c24-23(31)25-18-8-9-19(17-7-10-20(29)26-22(17)18)32-14-4-11-27-12-13-28(15-21(27)30)16-5-2-1-3-6-16;/h1-3,5-6,8-9,21,30H,4,7,10-15H2,(H,26,29)(H3,24,25,31);1H. The van der Waals surface area contributed by atoms with Crippen LogP contribution in [0.15, 0.2) is 42.5 Å². The summed E-state index contributed by atoms with van der Waals surface area (Å²) in [6.45, 7) is 3.43. The molecule has 0 saturated carbocycles. The van der Waals surface area contributed by atoms with Crippen LogP contribution in [0.5, 0.6) is 5.75 Å². The molecule has 0 bridgehead atoms. The Morgan fingerprint density at radius 2 is 1.97 bits per heavy atom. The zero-order valence-corrected chi connectivity index (χ0v) is 19.1. The van der Waals surface area contributed by atoms with Crippen molar-refractivity contribution in [1.82, 2.24) is 4.90 Å². The van der Waals surface area contributed by atoms with Gasteiger partial charge in [0.1, 0.15) is 12.0 Å². The lowest BCUT2D eigenvalue weighted by Gasteiger charge is -2.39. The summed E-state index contributed by atoms with van der Waals surface area (Å²) >= 11 is 0. The zero-order chi connectivity index (χ0) is 22.5. The molecule has 5 N–H and O–H groups in total. The van der Waals surface area contributed by atoms with E-state index in [1.807, 2.05) is 18.2 Å². The summed E-state index contributed by atoms with van der Waals surface area (Å²) in [7, 11) is 0. The molecule has 1 unspecified atom stereocenters. The van der Waals surface area contributed by atoms with Gasteiger partial charge in [-0.1, -0.05) is 18.2 Å². The molecule has 2 aliphatic rings. The molecule has 10 heteroatoms. The number of piperazine rings is 1. The maximum atomic E-state index is 11.8. The van der Waals surface area contributed by atoms with E-state index < -0.39 is 12.3 Å². The number of aliphatic hydroxyl groups excluding tert-OH is 1. The second kappa shape index (κ2) is 11.2. The van der Waals surface area contributed by atoms with E-state index in [-0.39, 0.29) is 18.3 Å². The van der Waals surface area contributed by atoms with Crippen LogP contribution in [0.25, 0.3) is 0 Å². The molecule has 9 nitrogen and oxygen atoms in total. The summed E-state index contributed by atoms with van der Waals surface area (Å²) in [5.74, 6) is 0.579. The fraction of sp³-hybridized carbons (Fsp3) is 0.391. The van der Waals surface area contributed by atoms with Gasteiger partial charge in [-0.15, -0.1) is 12.4 Å². The van der Waals surface area contributed by atoms with E-state index in [1.165, 1.54) is 0 Å². The molecule has 178 valence electrons. The first-order chi connectivity index (χ1) is 15.5. The quantitative estimate of drug-likeness (QED) is 0.456. The number of aliphatic hydroxyl groups is 1. The smallest absolute Gasteiger partial charge is 0.316 e. The number of amides is 3. The molecule has 0 radical (unpaired) electrons. The van der Waals surface area contributed by atoms with Gasteiger partial charge in [-0.3, -0.25) is 9.69 Å². The van der Waals surface area contributed by atoms with Crippen LogP contribution in [0.4, 0.5) is 21.9 Å². The van der Waals surface area contributed by atoms with Gasteiger partial charge in [0, 0.05) is 37.3 Å². The van der Waals surface area contributed by atoms with Crippen molar-refractivity contribution in [1.29, 1.82) is 0 Å².